The predicted molar refractivity (Wildman–Crippen MR) is 93.8 cm³/mol. The third-order valence-electron chi connectivity index (χ3n) is 4.73. The first-order valence-electron chi connectivity index (χ1n) is 8.16. The molecular weight excluding hydrogens is 284 g/mol. The summed E-state index contributed by atoms with van der Waals surface area (Å²) in [5.74, 6) is 0.447. The van der Waals surface area contributed by atoms with Gasteiger partial charge in [0.15, 0.2) is 0 Å². The third-order valence-corrected chi connectivity index (χ3v) is 4.73. The number of carbonyl (C=O) groups excluding carboxylic acids is 1. The smallest absolute Gasteiger partial charge is 0.224 e. The molecule has 2 N–H and O–H groups in total. The molecule has 1 aliphatic carbocycles. The molecule has 1 aromatic heterocycles. The van der Waals surface area contributed by atoms with Gasteiger partial charge in [-0.05, 0) is 61.1 Å². The summed E-state index contributed by atoms with van der Waals surface area (Å²) in [4.78, 5) is 15.7. The van der Waals surface area contributed by atoms with E-state index in [1.54, 1.807) is 0 Å². The van der Waals surface area contributed by atoms with E-state index in [1.807, 2.05) is 25.1 Å². The minimum atomic E-state index is 0.0957. The fourth-order valence-corrected chi connectivity index (χ4v) is 3.65. The molecule has 1 unspecified atom stereocenters. The van der Waals surface area contributed by atoms with Gasteiger partial charge >= 0.3 is 0 Å². The van der Waals surface area contributed by atoms with Gasteiger partial charge in [0.1, 0.15) is 0 Å². The van der Waals surface area contributed by atoms with Gasteiger partial charge in [0, 0.05) is 28.7 Å². The zero-order chi connectivity index (χ0) is 15.8. The van der Waals surface area contributed by atoms with Gasteiger partial charge in [0.05, 0.1) is 0 Å². The Labute approximate surface area is 135 Å². The molecule has 23 heavy (non-hydrogen) atoms. The zero-order valence-electron chi connectivity index (χ0n) is 13.2. The molecule has 0 saturated heterocycles. The van der Waals surface area contributed by atoms with E-state index < -0.39 is 0 Å². The minimum Gasteiger partial charge on any atom is -0.359 e. The molecule has 0 spiro atoms. The summed E-state index contributed by atoms with van der Waals surface area (Å²) in [6.07, 6.45) is 2.72. The van der Waals surface area contributed by atoms with Crippen LogP contribution in [0.1, 0.15) is 35.6 Å². The van der Waals surface area contributed by atoms with E-state index in [9.17, 15) is 4.79 Å². The van der Waals surface area contributed by atoms with E-state index in [-0.39, 0.29) is 5.91 Å². The van der Waals surface area contributed by atoms with Crippen molar-refractivity contribution in [2.24, 2.45) is 0 Å². The lowest BCUT2D eigenvalue weighted by atomic mass is 9.97. The van der Waals surface area contributed by atoms with Crippen LogP contribution in [-0.2, 0) is 11.2 Å². The molecule has 0 saturated carbocycles. The highest BCUT2D eigenvalue weighted by atomic mass is 16.1. The first kappa shape index (κ1) is 14.1. The number of aromatic amines is 1. The van der Waals surface area contributed by atoms with Gasteiger partial charge in [-0.2, -0.15) is 0 Å². The van der Waals surface area contributed by atoms with Crippen LogP contribution >= 0.6 is 0 Å². The van der Waals surface area contributed by atoms with Gasteiger partial charge < -0.3 is 10.3 Å². The van der Waals surface area contributed by atoms with Gasteiger partial charge in [-0.15, -0.1) is 0 Å². The largest absolute Gasteiger partial charge is 0.359 e. The highest BCUT2D eigenvalue weighted by Crippen LogP contribution is 2.35. The lowest BCUT2D eigenvalue weighted by Crippen LogP contribution is -2.14. The van der Waals surface area contributed by atoms with Crippen LogP contribution in [0, 0.1) is 6.92 Å². The van der Waals surface area contributed by atoms with E-state index in [0.717, 1.165) is 35.1 Å². The number of anilines is 1. The average molecular weight is 304 g/mol. The highest BCUT2D eigenvalue weighted by molar-refractivity contribution is 5.94. The molecule has 3 aromatic rings. The van der Waals surface area contributed by atoms with E-state index in [2.05, 4.69) is 40.6 Å². The van der Waals surface area contributed by atoms with Crippen LogP contribution in [0.5, 0.6) is 0 Å². The predicted octanol–water partition coefficient (Wildman–Crippen LogP) is 4.53. The summed E-state index contributed by atoms with van der Waals surface area (Å²) < 4.78 is 0. The zero-order valence-corrected chi connectivity index (χ0v) is 13.2. The third kappa shape index (κ3) is 2.74. The Hall–Kier alpha value is -2.55. The standard InChI is InChI=1S/C20H20N2O/c1-13-10-16-11-17(8-9-19(16)21-13)22-20(23)12-15-7-6-14-4-2-3-5-18(14)15/h2-5,8-11,15,21H,6-7,12H2,1H3,(H,22,23). The Balaban J connectivity index is 1.47. The molecule has 2 aromatic carbocycles. The van der Waals surface area contributed by atoms with Crippen molar-refractivity contribution >= 4 is 22.5 Å². The number of amides is 1. The van der Waals surface area contributed by atoms with Crippen molar-refractivity contribution in [2.75, 3.05) is 5.32 Å². The molecule has 1 aliphatic rings. The van der Waals surface area contributed by atoms with Crippen molar-refractivity contribution in [3.63, 3.8) is 0 Å². The Morgan fingerprint density at radius 1 is 1.22 bits per heavy atom. The Bertz CT molecular complexity index is 878. The van der Waals surface area contributed by atoms with Crippen LogP contribution in [0.15, 0.2) is 48.5 Å². The maximum atomic E-state index is 12.4. The van der Waals surface area contributed by atoms with Crippen LogP contribution in [0.2, 0.25) is 0 Å². The van der Waals surface area contributed by atoms with Gasteiger partial charge in [-0.3, -0.25) is 4.79 Å². The maximum absolute atomic E-state index is 12.4. The van der Waals surface area contributed by atoms with Crippen LogP contribution in [0.3, 0.4) is 0 Å². The number of aryl methyl sites for hydroxylation is 2. The number of H-pyrrole nitrogens is 1. The fourth-order valence-electron chi connectivity index (χ4n) is 3.65. The number of hydrogen-bond donors (Lipinski definition) is 2. The summed E-state index contributed by atoms with van der Waals surface area (Å²) in [6, 6.07) is 16.6. The van der Waals surface area contributed by atoms with Gasteiger partial charge in [-0.1, -0.05) is 24.3 Å². The number of nitrogens with one attached hydrogen (secondary N) is 2. The van der Waals surface area contributed by atoms with Crippen LogP contribution in [-0.4, -0.2) is 10.9 Å². The van der Waals surface area contributed by atoms with Crippen LogP contribution in [0.25, 0.3) is 10.9 Å². The Morgan fingerprint density at radius 3 is 3.00 bits per heavy atom. The van der Waals surface area contributed by atoms with Crippen molar-refractivity contribution in [1.29, 1.82) is 0 Å². The lowest BCUT2D eigenvalue weighted by Gasteiger charge is -2.12. The van der Waals surface area contributed by atoms with Crippen molar-refractivity contribution in [2.45, 2.75) is 32.1 Å². The molecule has 3 nitrogen and oxygen atoms in total. The number of aromatic nitrogens is 1. The van der Waals surface area contributed by atoms with Crippen molar-refractivity contribution < 1.29 is 4.79 Å². The lowest BCUT2D eigenvalue weighted by molar-refractivity contribution is -0.116. The molecule has 1 heterocycles. The molecule has 0 fully saturated rings. The topological polar surface area (TPSA) is 44.9 Å². The quantitative estimate of drug-likeness (QED) is 0.733. The molecule has 3 heteroatoms. The van der Waals surface area contributed by atoms with Crippen LogP contribution in [0.4, 0.5) is 5.69 Å². The van der Waals surface area contributed by atoms with Crippen molar-refractivity contribution in [3.05, 3.63) is 65.4 Å². The number of rotatable bonds is 3. The Morgan fingerprint density at radius 2 is 2.09 bits per heavy atom. The van der Waals surface area contributed by atoms with E-state index in [4.69, 9.17) is 0 Å². The summed E-state index contributed by atoms with van der Waals surface area (Å²) in [7, 11) is 0. The van der Waals surface area contributed by atoms with Gasteiger partial charge in [-0.25, -0.2) is 0 Å². The van der Waals surface area contributed by atoms with E-state index >= 15 is 0 Å². The Kier molecular flexibility index (Phi) is 3.41. The number of benzene rings is 2. The average Bonchev–Trinajstić information content (AvgIpc) is 3.10. The maximum Gasteiger partial charge on any atom is 0.224 e. The molecule has 0 aliphatic heterocycles. The van der Waals surface area contributed by atoms with E-state index in [0.29, 0.717) is 12.3 Å². The normalized spacial score (nSPS) is 16.5. The number of fused-ring (bicyclic) bond motifs is 2. The summed E-state index contributed by atoms with van der Waals surface area (Å²) in [5, 5.41) is 4.18. The molecule has 1 amide bonds. The van der Waals surface area contributed by atoms with Gasteiger partial charge in [0.2, 0.25) is 5.91 Å². The minimum absolute atomic E-state index is 0.0957. The molecular formula is C20H20N2O. The second kappa shape index (κ2) is 5.58. The molecule has 1 atom stereocenters. The molecule has 4 rings (SSSR count). The SMILES string of the molecule is Cc1cc2cc(NC(=O)CC3CCc4ccccc43)ccc2[nH]1. The highest BCUT2D eigenvalue weighted by Gasteiger charge is 2.24. The summed E-state index contributed by atoms with van der Waals surface area (Å²) >= 11 is 0. The second-order valence-electron chi connectivity index (χ2n) is 6.44. The van der Waals surface area contributed by atoms with E-state index in [1.165, 1.54) is 11.1 Å². The van der Waals surface area contributed by atoms with Crippen molar-refractivity contribution in [3.8, 4) is 0 Å². The monoisotopic (exact) mass is 304 g/mol. The first-order valence-corrected chi connectivity index (χ1v) is 8.16. The number of carbonyl (C=O) groups is 1. The van der Waals surface area contributed by atoms with Crippen LogP contribution < -0.4 is 5.32 Å². The second-order valence-corrected chi connectivity index (χ2v) is 6.44. The van der Waals surface area contributed by atoms with Gasteiger partial charge in [0.25, 0.3) is 0 Å². The molecule has 116 valence electrons. The molecule has 0 bridgehead atoms. The summed E-state index contributed by atoms with van der Waals surface area (Å²) in [5.41, 5.74) is 5.85. The molecule has 0 radical (unpaired) electrons. The first-order chi connectivity index (χ1) is 11.2. The number of hydrogen-bond acceptors (Lipinski definition) is 1. The fraction of sp³-hybridized carbons (Fsp3) is 0.250. The van der Waals surface area contributed by atoms with Crippen molar-refractivity contribution in [1.82, 2.24) is 4.98 Å². The summed E-state index contributed by atoms with van der Waals surface area (Å²) in [6.45, 7) is 2.04.